The summed E-state index contributed by atoms with van der Waals surface area (Å²) >= 11 is 0. The van der Waals surface area contributed by atoms with Crippen LogP contribution in [0.3, 0.4) is 0 Å². The maximum Gasteiger partial charge on any atom is 0.387 e. The number of halogens is 2. The lowest BCUT2D eigenvalue weighted by atomic mass is 10.2. The molecule has 0 spiro atoms. The molecule has 2 aromatic heterocycles. The van der Waals surface area contributed by atoms with Crippen molar-refractivity contribution < 1.29 is 13.5 Å². The Hall–Kier alpha value is -2.57. The highest BCUT2D eigenvalue weighted by Crippen LogP contribution is 2.22. The van der Waals surface area contributed by atoms with Crippen LogP contribution in [0.4, 0.5) is 8.78 Å². The van der Waals surface area contributed by atoms with E-state index in [4.69, 9.17) is 0 Å². The van der Waals surface area contributed by atoms with Crippen LogP contribution < -0.4 is 4.74 Å². The second kappa shape index (κ2) is 4.60. The van der Waals surface area contributed by atoms with Gasteiger partial charge in [0.05, 0.1) is 6.20 Å². The summed E-state index contributed by atoms with van der Waals surface area (Å²) in [6.45, 7) is -2.83. The van der Waals surface area contributed by atoms with Crippen LogP contribution in [0.2, 0.25) is 0 Å². The molecule has 1 N–H and O–H groups in total. The molecule has 0 bridgehead atoms. The van der Waals surface area contributed by atoms with Crippen molar-refractivity contribution in [1.29, 1.82) is 0 Å². The summed E-state index contributed by atoms with van der Waals surface area (Å²) in [4.78, 5) is 15.2. The van der Waals surface area contributed by atoms with Crippen LogP contribution in [0.15, 0.2) is 36.8 Å². The van der Waals surface area contributed by atoms with Crippen LogP contribution in [-0.2, 0) is 0 Å². The molecule has 19 heavy (non-hydrogen) atoms. The molecule has 0 unspecified atom stereocenters. The number of H-pyrrole nitrogens is 1. The average Bonchev–Trinajstić information content (AvgIpc) is 2.82. The van der Waals surface area contributed by atoms with Gasteiger partial charge in [-0.3, -0.25) is 0 Å². The van der Waals surface area contributed by atoms with Crippen LogP contribution in [0.5, 0.6) is 5.75 Å². The molecule has 3 rings (SSSR count). The minimum absolute atomic E-state index is 0.106. The van der Waals surface area contributed by atoms with Gasteiger partial charge in [0.1, 0.15) is 23.4 Å². The number of hydrogen-bond donors (Lipinski definition) is 1. The number of rotatable bonds is 3. The molecule has 0 aliphatic heterocycles. The zero-order chi connectivity index (χ0) is 13.2. The van der Waals surface area contributed by atoms with E-state index in [1.807, 2.05) is 0 Å². The first kappa shape index (κ1) is 11.5. The Morgan fingerprint density at radius 1 is 1.16 bits per heavy atom. The number of imidazole rings is 1. The first-order chi connectivity index (χ1) is 9.22. The molecule has 0 atom stereocenters. The Labute approximate surface area is 106 Å². The Morgan fingerprint density at radius 3 is 2.63 bits per heavy atom. The molecule has 5 nitrogen and oxygen atoms in total. The zero-order valence-corrected chi connectivity index (χ0v) is 9.55. The minimum atomic E-state index is -2.83. The Balaban J connectivity index is 1.93. The number of nitrogens with zero attached hydrogens (tertiary/aromatic N) is 3. The van der Waals surface area contributed by atoms with Gasteiger partial charge in [-0.2, -0.15) is 8.78 Å². The van der Waals surface area contributed by atoms with Crippen molar-refractivity contribution in [2.45, 2.75) is 6.61 Å². The lowest BCUT2D eigenvalue weighted by Crippen LogP contribution is -2.01. The number of nitrogens with one attached hydrogen (secondary N) is 1. The highest BCUT2D eigenvalue weighted by atomic mass is 19.3. The predicted octanol–water partition coefficient (Wildman–Crippen LogP) is 2.62. The highest BCUT2D eigenvalue weighted by molar-refractivity contribution is 5.74. The minimum Gasteiger partial charge on any atom is -0.435 e. The molecule has 2 heterocycles. The van der Waals surface area contributed by atoms with Gasteiger partial charge in [-0.05, 0) is 24.3 Å². The van der Waals surface area contributed by atoms with Gasteiger partial charge >= 0.3 is 6.61 Å². The summed E-state index contributed by atoms with van der Waals surface area (Å²) in [7, 11) is 0. The van der Waals surface area contributed by atoms with Crippen molar-refractivity contribution in [1.82, 2.24) is 19.9 Å². The molecular weight excluding hydrogens is 254 g/mol. The molecular formula is C12H8F2N4O. The third-order valence-corrected chi connectivity index (χ3v) is 2.51. The summed E-state index contributed by atoms with van der Waals surface area (Å²) < 4.78 is 28.3. The largest absolute Gasteiger partial charge is 0.435 e. The van der Waals surface area contributed by atoms with E-state index in [-0.39, 0.29) is 5.75 Å². The number of aromatic nitrogens is 4. The van der Waals surface area contributed by atoms with Crippen LogP contribution in [0.25, 0.3) is 22.6 Å². The topological polar surface area (TPSA) is 63.7 Å². The van der Waals surface area contributed by atoms with Gasteiger partial charge in [0, 0.05) is 5.56 Å². The van der Waals surface area contributed by atoms with Crippen LogP contribution >= 0.6 is 0 Å². The SMILES string of the molecule is FC(F)Oc1ccc(-c2nc3ncncc3[nH]2)cc1. The van der Waals surface area contributed by atoms with Crippen molar-refractivity contribution >= 4 is 11.2 Å². The summed E-state index contributed by atoms with van der Waals surface area (Å²) in [6, 6.07) is 6.20. The number of alkyl halides is 2. The zero-order valence-electron chi connectivity index (χ0n) is 9.55. The normalized spacial score (nSPS) is 11.1. The van der Waals surface area contributed by atoms with Crippen molar-refractivity contribution in [3.63, 3.8) is 0 Å². The lowest BCUT2D eigenvalue weighted by Gasteiger charge is -2.04. The standard InChI is InChI=1S/C12H8F2N4O/c13-12(14)19-8-3-1-7(2-4-8)10-17-9-5-15-6-16-11(9)18-10/h1-6,12H,(H,15,16,17,18). The van der Waals surface area contributed by atoms with Gasteiger partial charge in [0.15, 0.2) is 5.65 Å². The third kappa shape index (κ3) is 2.35. The summed E-state index contributed by atoms with van der Waals surface area (Å²) in [5.41, 5.74) is 2.02. The summed E-state index contributed by atoms with van der Waals surface area (Å²) in [6.07, 6.45) is 3.03. The number of aromatic amines is 1. The number of benzene rings is 1. The fourth-order valence-electron chi connectivity index (χ4n) is 1.69. The van der Waals surface area contributed by atoms with E-state index in [0.717, 1.165) is 5.56 Å². The monoisotopic (exact) mass is 262 g/mol. The van der Waals surface area contributed by atoms with E-state index < -0.39 is 6.61 Å². The van der Waals surface area contributed by atoms with Gasteiger partial charge in [0.2, 0.25) is 0 Å². The van der Waals surface area contributed by atoms with E-state index in [1.165, 1.54) is 18.5 Å². The average molecular weight is 262 g/mol. The van der Waals surface area contributed by atoms with Gasteiger partial charge < -0.3 is 9.72 Å². The molecule has 0 aliphatic rings. The second-order valence-electron chi connectivity index (χ2n) is 3.75. The molecule has 96 valence electrons. The summed E-state index contributed by atoms with van der Waals surface area (Å²) in [5.74, 6) is 0.703. The fraction of sp³-hybridized carbons (Fsp3) is 0.0833. The molecule has 0 saturated carbocycles. The smallest absolute Gasteiger partial charge is 0.387 e. The van der Waals surface area contributed by atoms with Gasteiger partial charge in [0.25, 0.3) is 0 Å². The third-order valence-electron chi connectivity index (χ3n) is 2.51. The fourth-order valence-corrected chi connectivity index (χ4v) is 1.69. The molecule has 7 heteroatoms. The molecule has 0 saturated heterocycles. The van der Waals surface area contributed by atoms with Crippen molar-refractivity contribution in [2.24, 2.45) is 0 Å². The number of hydrogen-bond acceptors (Lipinski definition) is 4. The quantitative estimate of drug-likeness (QED) is 0.788. The molecule has 1 aromatic carbocycles. The summed E-state index contributed by atoms with van der Waals surface area (Å²) in [5, 5.41) is 0. The van der Waals surface area contributed by atoms with E-state index in [9.17, 15) is 8.78 Å². The maximum atomic E-state index is 12.0. The van der Waals surface area contributed by atoms with Crippen molar-refractivity contribution in [3.05, 3.63) is 36.8 Å². The maximum absolute atomic E-state index is 12.0. The van der Waals surface area contributed by atoms with Crippen LogP contribution in [0.1, 0.15) is 0 Å². The Morgan fingerprint density at radius 2 is 1.95 bits per heavy atom. The predicted molar refractivity (Wildman–Crippen MR) is 63.8 cm³/mol. The van der Waals surface area contributed by atoms with Gasteiger partial charge in [-0.1, -0.05) is 0 Å². The van der Waals surface area contributed by atoms with E-state index in [2.05, 4.69) is 24.7 Å². The van der Waals surface area contributed by atoms with Gasteiger partial charge in [-0.15, -0.1) is 0 Å². The number of fused-ring (bicyclic) bond motifs is 1. The van der Waals surface area contributed by atoms with Crippen molar-refractivity contribution in [2.75, 3.05) is 0 Å². The van der Waals surface area contributed by atoms with E-state index in [0.29, 0.717) is 17.0 Å². The molecule has 0 amide bonds. The number of ether oxygens (including phenoxy) is 1. The Bertz CT molecular complexity index is 663. The lowest BCUT2D eigenvalue weighted by molar-refractivity contribution is -0.0498. The first-order valence-corrected chi connectivity index (χ1v) is 5.43. The van der Waals surface area contributed by atoms with Crippen LogP contribution in [0, 0.1) is 0 Å². The Kier molecular flexibility index (Phi) is 2.79. The highest BCUT2D eigenvalue weighted by Gasteiger charge is 2.07. The second-order valence-corrected chi connectivity index (χ2v) is 3.75. The molecule has 0 fully saturated rings. The first-order valence-electron chi connectivity index (χ1n) is 5.43. The van der Waals surface area contributed by atoms with Crippen LogP contribution in [-0.4, -0.2) is 26.5 Å². The van der Waals surface area contributed by atoms with E-state index in [1.54, 1.807) is 18.3 Å². The molecule has 3 aromatic rings. The molecule has 0 aliphatic carbocycles. The van der Waals surface area contributed by atoms with E-state index >= 15 is 0 Å². The van der Waals surface area contributed by atoms with Gasteiger partial charge in [-0.25, -0.2) is 15.0 Å². The van der Waals surface area contributed by atoms with Crippen molar-refractivity contribution in [3.8, 4) is 17.1 Å². The molecule has 0 radical (unpaired) electrons.